The number of carbonyl (C=O) groups excluding carboxylic acids is 2. The predicted octanol–water partition coefficient (Wildman–Crippen LogP) is 6.45. The van der Waals surface area contributed by atoms with Crippen LogP contribution in [-0.4, -0.2) is 25.1 Å². The zero-order valence-electron chi connectivity index (χ0n) is 18.8. The van der Waals surface area contributed by atoms with Gasteiger partial charge in [-0.05, 0) is 69.5 Å². The van der Waals surface area contributed by atoms with Crippen LogP contribution in [0, 0.1) is 0 Å². The Morgan fingerprint density at radius 1 is 1.08 bits per heavy atom. The second-order valence-corrected chi connectivity index (χ2v) is 9.00. The van der Waals surface area contributed by atoms with E-state index in [0.717, 1.165) is 17.7 Å². The highest BCUT2D eigenvalue weighted by atomic mass is 79.9. The molecule has 0 bridgehead atoms. The average molecular weight is 619 g/mol. The van der Waals surface area contributed by atoms with Gasteiger partial charge in [-0.15, -0.1) is 0 Å². The van der Waals surface area contributed by atoms with Gasteiger partial charge in [-0.25, -0.2) is 5.43 Å². The first-order valence-electron chi connectivity index (χ1n) is 10.2. The van der Waals surface area contributed by atoms with Crippen molar-refractivity contribution in [3.63, 3.8) is 0 Å². The minimum absolute atomic E-state index is 0.174. The highest BCUT2D eigenvalue weighted by molar-refractivity contribution is 9.10. The lowest BCUT2D eigenvalue weighted by atomic mass is 10.2. The molecule has 0 saturated heterocycles. The average Bonchev–Trinajstić information content (AvgIpc) is 2.83. The van der Waals surface area contributed by atoms with E-state index in [9.17, 15) is 22.8 Å². The number of methoxy groups -OCH3 is 1. The first kappa shape index (κ1) is 28.3. The quantitative estimate of drug-likeness (QED) is 0.181. The SMILES string of the molecule is COc1cc(/C=N/NC(=O)C(=O)Nc2cc(C(F)(F)F)ccc2Cl)cc(Br)c1OCc1cccc(Cl)c1. The van der Waals surface area contributed by atoms with Crippen LogP contribution in [0.4, 0.5) is 18.9 Å². The number of hydrazone groups is 1. The Balaban J connectivity index is 1.64. The minimum atomic E-state index is -4.65. The highest BCUT2D eigenvalue weighted by Crippen LogP contribution is 2.37. The molecule has 0 atom stereocenters. The normalized spacial score (nSPS) is 11.3. The summed E-state index contributed by atoms with van der Waals surface area (Å²) in [4.78, 5) is 24.1. The van der Waals surface area contributed by atoms with Crippen LogP contribution in [0.15, 0.2) is 64.2 Å². The van der Waals surface area contributed by atoms with Gasteiger partial charge in [-0.3, -0.25) is 9.59 Å². The molecule has 0 aromatic heterocycles. The van der Waals surface area contributed by atoms with Gasteiger partial charge in [0.1, 0.15) is 6.61 Å². The summed E-state index contributed by atoms with van der Waals surface area (Å²) in [5.41, 5.74) is 1.90. The van der Waals surface area contributed by atoms with Gasteiger partial charge in [0.2, 0.25) is 0 Å². The first-order valence-corrected chi connectivity index (χ1v) is 11.8. The van der Waals surface area contributed by atoms with Crippen molar-refractivity contribution in [2.75, 3.05) is 12.4 Å². The number of nitrogens with zero attached hydrogens (tertiary/aromatic N) is 1. The molecule has 13 heteroatoms. The van der Waals surface area contributed by atoms with Gasteiger partial charge < -0.3 is 14.8 Å². The van der Waals surface area contributed by atoms with Gasteiger partial charge in [0, 0.05) is 5.02 Å². The Kier molecular flexibility index (Phi) is 9.41. The molecule has 0 radical (unpaired) electrons. The van der Waals surface area contributed by atoms with Crippen LogP contribution in [0.2, 0.25) is 10.0 Å². The highest BCUT2D eigenvalue weighted by Gasteiger charge is 2.31. The smallest absolute Gasteiger partial charge is 0.416 e. The van der Waals surface area contributed by atoms with Crippen LogP contribution in [-0.2, 0) is 22.4 Å². The van der Waals surface area contributed by atoms with Crippen molar-refractivity contribution in [2.45, 2.75) is 12.8 Å². The Morgan fingerprint density at radius 3 is 2.51 bits per heavy atom. The lowest BCUT2D eigenvalue weighted by Gasteiger charge is -2.13. The molecule has 0 fully saturated rings. The Hall–Kier alpha value is -3.28. The number of hydrogen-bond acceptors (Lipinski definition) is 5. The monoisotopic (exact) mass is 617 g/mol. The molecule has 7 nitrogen and oxygen atoms in total. The molecule has 3 aromatic carbocycles. The van der Waals surface area contributed by atoms with Crippen molar-refractivity contribution in [2.24, 2.45) is 5.10 Å². The second kappa shape index (κ2) is 12.3. The zero-order valence-corrected chi connectivity index (χ0v) is 21.9. The summed E-state index contributed by atoms with van der Waals surface area (Å²) in [6.07, 6.45) is -3.42. The number of rotatable bonds is 7. The molecule has 3 aromatic rings. The van der Waals surface area contributed by atoms with Crippen molar-refractivity contribution in [3.8, 4) is 11.5 Å². The molecule has 37 heavy (non-hydrogen) atoms. The fourth-order valence-corrected chi connectivity index (χ4v) is 3.88. The largest absolute Gasteiger partial charge is 0.493 e. The van der Waals surface area contributed by atoms with Gasteiger partial charge in [0.05, 0.1) is 34.1 Å². The van der Waals surface area contributed by atoms with Crippen molar-refractivity contribution in [3.05, 3.63) is 85.8 Å². The number of hydrogen-bond donors (Lipinski definition) is 2. The third kappa shape index (κ3) is 7.85. The van der Waals surface area contributed by atoms with E-state index in [4.69, 9.17) is 32.7 Å². The molecule has 194 valence electrons. The third-order valence-electron chi connectivity index (χ3n) is 4.65. The molecule has 0 saturated carbocycles. The fourth-order valence-electron chi connectivity index (χ4n) is 2.93. The molecule has 0 aliphatic rings. The number of nitrogens with one attached hydrogen (secondary N) is 2. The summed E-state index contributed by atoms with van der Waals surface area (Å²) in [7, 11) is 1.44. The number of benzene rings is 3. The van der Waals surface area contributed by atoms with E-state index in [1.807, 2.05) is 16.8 Å². The topological polar surface area (TPSA) is 89.0 Å². The number of alkyl halides is 3. The van der Waals surface area contributed by atoms with Crippen LogP contribution in [0.3, 0.4) is 0 Å². The molecular weight excluding hydrogens is 602 g/mol. The van der Waals surface area contributed by atoms with Crippen molar-refractivity contribution >= 4 is 62.8 Å². The molecule has 0 aliphatic heterocycles. The minimum Gasteiger partial charge on any atom is -0.493 e. The van der Waals surface area contributed by atoms with E-state index < -0.39 is 23.6 Å². The zero-order chi connectivity index (χ0) is 27.2. The Morgan fingerprint density at radius 2 is 1.84 bits per heavy atom. The number of ether oxygens (including phenoxy) is 2. The second-order valence-electron chi connectivity index (χ2n) is 7.30. The number of amides is 2. The van der Waals surface area contributed by atoms with Crippen molar-refractivity contribution in [1.82, 2.24) is 5.43 Å². The van der Waals surface area contributed by atoms with Gasteiger partial charge in [-0.2, -0.15) is 18.3 Å². The maximum Gasteiger partial charge on any atom is 0.416 e. The van der Waals surface area contributed by atoms with Crippen LogP contribution in [0.1, 0.15) is 16.7 Å². The maximum absolute atomic E-state index is 12.9. The standard InChI is InChI=1S/C24H17BrCl2F3N3O4/c1-36-20-9-14(8-17(25)21(20)37-12-13-3-2-4-16(26)7-13)11-31-33-23(35)22(34)32-19-10-15(24(28,29)30)5-6-18(19)27/h2-11H,12H2,1H3,(H,32,34)(H,33,35)/b31-11+. The van der Waals surface area contributed by atoms with Crippen LogP contribution in [0.25, 0.3) is 0 Å². The molecule has 0 aliphatic carbocycles. The van der Waals surface area contributed by atoms with Gasteiger partial charge in [-0.1, -0.05) is 35.3 Å². The van der Waals surface area contributed by atoms with Gasteiger partial charge in [0.15, 0.2) is 11.5 Å². The Labute approximate surface area is 227 Å². The fraction of sp³-hybridized carbons (Fsp3) is 0.125. The van der Waals surface area contributed by atoms with Crippen molar-refractivity contribution < 1.29 is 32.2 Å². The van der Waals surface area contributed by atoms with E-state index in [2.05, 4.69) is 21.0 Å². The number of halogens is 6. The summed E-state index contributed by atoms with van der Waals surface area (Å²) in [6, 6.07) is 12.7. The third-order valence-corrected chi connectivity index (χ3v) is 5.81. The van der Waals surface area contributed by atoms with Crippen LogP contribution < -0.4 is 20.2 Å². The van der Waals surface area contributed by atoms with Crippen LogP contribution >= 0.6 is 39.1 Å². The van der Waals surface area contributed by atoms with E-state index in [0.29, 0.717) is 32.6 Å². The number of anilines is 1. The summed E-state index contributed by atoms with van der Waals surface area (Å²) in [6.45, 7) is 0.226. The summed E-state index contributed by atoms with van der Waals surface area (Å²) in [5.74, 6) is -1.71. The first-order chi connectivity index (χ1) is 17.5. The van der Waals surface area contributed by atoms with Crippen molar-refractivity contribution in [1.29, 1.82) is 0 Å². The lowest BCUT2D eigenvalue weighted by molar-refractivity contribution is -0.137. The molecule has 0 unspecified atom stereocenters. The summed E-state index contributed by atoms with van der Waals surface area (Å²) >= 11 is 15.2. The maximum atomic E-state index is 12.9. The van der Waals surface area contributed by atoms with Crippen LogP contribution in [0.5, 0.6) is 11.5 Å². The summed E-state index contributed by atoms with van der Waals surface area (Å²) in [5, 5.41) is 6.13. The summed E-state index contributed by atoms with van der Waals surface area (Å²) < 4.78 is 50.4. The van der Waals surface area contributed by atoms with E-state index in [1.165, 1.54) is 13.3 Å². The molecule has 3 rings (SSSR count). The number of carbonyl (C=O) groups is 2. The molecule has 2 amide bonds. The van der Waals surface area contributed by atoms with E-state index in [1.54, 1.807) is 30.3 Å². The molecular formula is C24H17BrCl2F3N3O4. The van der Waals surface area contributed by atoms with E-state index in [-0.39, 0.29) is 17.3 Å². The Bertz CT molecular complexity index is 1350. The molecule has 0 heterocycles. The van der Waals surface area contributed by atoms with Gasteiger partial charge in [0.25, 0.3) is 0 Å². The molecule has 2 N–H and O–H groups in total. The van der Waals surface area contributed by atoms with Gasteiger partial charge >= 0.3 is 18.0 Å². The predicted molar refractivity (Wildman–Crippen MR) is 137 cm³/mol. The van der Waals surface area contributed by atoms with E-state index >= 15 is 0 Å². The molecule has 0 spiro atoms. The lowest BCUT2D eigenvalue weighted by Crippen LogP contribution is -2.32.